The van der Waals surface area contributed by atoms with Gasteiger partial charge in [-0.2, -0.15) is 0 Å². The number of rotatable bonds is 5. The van der Waals surface area contributed by atoms with Crippen LogP contribution in [0.1, 0.15) is 17.2 Å². The summed E-state index contributed by atoms with van der Waals surface area (Å²) < 4.78 is 0. The van der Waals surface area contributed by atoms with E-state index in [2.05, 4.69) is 15.3 Å². The van der Waals surface area contributed by atoms with Gasteiger partial charge >= 0.3 is 0 Å². The molecule has 2 aromatic rings. The number of amides is 1. The summed E-state index contributed by atoms with van der Waals surface area (Å²) in [5.41, 5.74) is 10.3. The van der Waals surface area contributed by atoms with E-state index < -0.39 is 6.04 Å². The molecular weight excluding hydrogens is 252 g/mol. The second-order valence-electron chi connectivity index (χ2n) is 4.22. The summed E-state index contributed by atoms with van der Waals surface area (Å²) in [4.78, 5) is 14.9. The van der Waals surface area contributed by atoms with Crippen LogP contribution in [-0.4, -0.2) is 5.91 Å². The van der Waals surface area contributed by atoms with E-state index in [1.807, 2.05) is 36.4 Å². The lowest BCUT2D eigenvalue weighted by molar-refractivity contribution is -0.122. The Morgan fingerprint density at radius 3 is 2.30 bits per heavy atom. The molecule has 5 nitrogen and oxygen atoms in total. The maximum absolute atomic E-state index is 12.1. The third-order valence-electron chi connectivity index (χ3n) is 2.84. The molecule has 1 unspecified atom stereocenters. The van der Waals surface area contributed by atoms with Crippen molar-refractivity contribution < 1.29 is 4.79 Å². The van der Waals surface area contributed by atoms with E-state index >= 15 is 0 Å². The van der Waals surface area contributed by atoms with Crippen LogP contribution in [0.3, 0.4) is 0 Å². The van der Waals surface area contributed by atoms with Crippen molar-refractivity contribution in [2.75, 3.05) is 0 Å². The van der Waals surface area contributed by atoms with Gasteiger partial charge < -0.3 is 5.32 Å². The van der Waals surface area contributed by atoms with Crippen LogP contribution < -0.4 is 5.32 Å². The number of hydrogen-bond donors (Lipinski definition) is 1. The topological polar surface area (TPSA) is 77.9 Å². The highest BCUT2D eigenvalue weighted by Gasteiger charge is 2.18. The summed E-state index contributed by atoms with van der Waals surface area (Å²) in [5, 5.41) is 6.35. The predicted molar refractivity (Wildman–Crippen MR) is 76.6 cm³/mol. The van der Waals surface area contributed by atoms with Gasteiger partial charge in [-0.1, -0.05) is 65.8 Å². The van der Waals surface area contributed by atoms with E-state index in [4.69, 9.17) is 5.53 Å². The zero-order valence-corrected chi connectivity index (χ0v) is 10.8. The molecule has 0 aromatic heterocycles. The van der Waals surface area contributed by atoms with E-state index in [1.54, 1.807) is 24.3 Å². The quantitative estimate of drug-likeness (QED) is 0.502. The lowest BCUT2D eigenvalue weighted by Crippen LogP contribution is -2.27. The van der Waals surface area contributed by atoms with Crippen LogP contribution in [0.5, 0.6) is 0 Å². The van der Waals surface area contributed by atoms with Crippen LogP contribution in [0.25, 0.3) is 10.4 Å². The average Bonchev–Trinajstić information content (AvgIpc) is 2.52. The zero-order chi connectivity index (χ0) is 14.2. The van der Waals surface area contributed by atoms with Gasteiger partial charge in [-0.3, -0.25) is 4.79 Å². The zero-order valence-electron chi connectivity index (χ0n) is 10.8. The van der Waals surface area contributed by atoms with Crippen molar-refractivity contribution in [3.05, 3.63) is 82.2 Å². The third-order valence-corrected chi connectivity index (χ3v) is 2.84. The summed E-state index contributed by atoms with van der Waals surface area (Å²) in [6.45, 7) is 0.407. The summed E-state index contributed by atoms with van der Waals surface area (Å²) in [5.74, 6) is -0.308. The standard InChI is InChI=1S/C15H14N4O/c16-19-18-14(13-9-5-2-6-10-13)15(20)17-11-12-7-3-1-4-8-12/h1-10,14H,11H2,(H,17,20). The maximum Gasteiger partial charge on any atom is 0.233 e. The fraction of sp³-hybridized carbons (Fsp3) is 0.133. The summed E-state index contributed by atoms with van der Waals surface area (Å²) >= 11 is 0. The molecule has 2 rings (SSSR count). The minimum absolute atomic E-state index is 0.308. The van der Waals surface area contributed by atoms with Crippen molar-refractivity contribution in [2.45, 2.75) is 12.6 Å². The summed E-state index contributed by atoms with van der Waals surface area (Å²) in [7, 11) is 0. The van der Waals surface area contributed by atoms with E-state index in [0.717, 1.165) is 5.56 Å². The number of nitrogens with one attached hydrogen (secondary N) is 1. The fourth-order valence-corrected chi connectivity index (χ4v) is 1.84. The monoisotopic (exact) mass is 266 g/mol. The Morgan fingerprint density at radius 2 is 1.70 bits per heavy atom. The minimum atomic E-state index is -0.843. The van der Waals surface area contributed by atoms with Gasteiger partial charge in [0.15, 0.2) is 0 Å². The SMILES string of the molecule is [N-]=[N+]=NC(C(=O)NCc1ccccc1)c1ccccc1. The highest BCUT2D eigenvalue weighted by molar-refractivity contribution is 5.83. The summed E-state index contributed by atoms with van der Waals surface area (Å²) in [6.07, 6.45) is 0. The lowest BCUT2D eigenvalue weighted by atomic mass is 10.1. The molecule has 0 fully saturated rings. The molecule has 0 bridgehead atoms. The van der Waals surface area contributed by atoms with Crippen LogP contribution in [-0.2, 0) is 11.3 Å². The van der Waals surface area contributed by atoms with Gasteiger partial charge in [0.2, 0.25) is 5.91 Å². The van der Waals surface area contributed by atoms with Crippen LogP contribution in [0, 0.1) is 0 Å². The number of carbonyl (C=O) groups excluding carboxylic acids is 1. The molecule has 20 heavy (non-hydrogen) atoms. The Hall–Kier alpha value is -2.78. The molecule has 100 valence electrons. The molecule has 0 spiro atoms. The van der Waals surface area contributed by atoms with E-state index in [-0.39, 0.29) is 5.91 Å². The van der Waals surface area contributed by atoms with E-state index in [9.17, 15) is 4.79 Å². The van der Waals surface area contributed by atoms with Crippen molar-refractivity contribution in [2.24, 2.45) is 5.11 Å². The van der Waals surface area contributed by atoms with Crippen LogP contribution in [0.4, 0.5) is 0 Å². The number of carbonyl (C=O) groups is 1. The van der Waals surface area contributed by atoms with Gasteiger partial charge in [0.1, 0.15) is 6.04 Å². The van der Waals surface area contributed by atoms with Crippen LogP contribution in [0.2, 0.25) is 0 Å². The Balaban J connectivity index is 2.07. The molecule has 0 aliphatic rings. The number of hydrogen-bond acceptors (Lipinski definition) is 2. The molecule has 1 N–H and O–H groups in total. The number of nitrogens with zero attached hydrogens (tertiary/aromatic N) is 3. The van der Waals surface area contributed by atoms with Gasteiger partial charge in [0.05, 0.1) is 0 Å². The molecule has 1 amide bonds. The smallest absolute Gasteiger partial charge is 0.233 e. The first kappa shape index (κ1) is 13.6. The third kappa shape index (κ3) is 3.60. The van der Waals surface area contributed by atoms with Crippen molar-refractivity contribution in [3.63, 3.8) is 0 Å². The fourth-order valence-electron chi connectivity index (χ4n) is 1.84. The first-order chi connectivity index (χ1) is 9.81. The molecule has 0 heterocycles. The Bertz CT molecular complexity index is 606. The van der Waals surface area contributed by atoms with Gasteiger partial charge in [-0.05, 0) is 16.7 Å². The normalized spacial score (nSPS) is 11.2. The predicted octanol–water partition coefficient (Wildman–Crippen LogP) is 3.35. The molecule has 2 aromatic carbocycles. The molecule has 5 heteroatoms. The largest absolute Gasteiger partial charge is 0.351 e. The highest BCUT2D eigenvalue weighted by Crippen LogP contribution is 2.17. The Morgan fingerprint density at radius 1 is 1.10 bits per heavy atom. The average molecular weight is 266 g/mol. The van der Waals surface area contributed by atoms with Gasteiger partial charge in [0.25, 0.3) is 0 Å². The molecule has 0 aliphatic heterocycles. The molecular formula is C15H14N4O. The molecule has 0 saturated heterocycles. The molecule has 0 radical (unpaired) electrons. The first-order valence-electron chi connectivity index (χ1n) is 6.22. The van der Waals surface area contributed by atoms with Crippen LogP contribution >= 0.6 is 0 Å². The van der Waals surface area contributed by atoms with E-state index in [1.165, 1.54) is 0 Å². The minimum Gasteiger partial charge on any atom is -0.351 e. The molecule has 0 saturated carbocycles. The van der Waals surface area contributed by atoms with Gasteiger partial charge in [-0.25, -0.2) is 0 Å². The second kappa shape index (κ2) is 6.97. The van der Waals surface area contributed by atoms with E-state index in [0.29, 0.717) is 12.1 Å². The van der Waals surface area contributed by atoms with Gasteiger partial charge in [0, 0.05) is 11.5 Å². The van der Waals surface area contributed by atoms with Crippen LogP contribution in [0.15, 0.2) is 65.8 Å². The highest BCUT2D eigenvalue weighted by atomic mass is 16.2. The maximum atomic E-state index is 12.1. The Labute approximate surface area is 116 Å². The lowest BCUT2D eigenvalue weighted by Gasteiger charge is -2.12. The van der Waals surface area contributed by atoms with Crippen molar-refractivity contribution >= 4 is 5.91 Å². The summed E-state index contributed by atoms with van der Waals surface area (Å²) in [6, 6.07) is 17.7. The van der Waals surface area contributed by atoms with Crippen molar-refractivity contribution in [1.82, 2.24) is 5.32 Å². The number of benzene rings is 2. The van der Waals surface area contributed by atoms with Crippen molar-refractivity contribution in [1.29, 1.82) is 0 Å². The second-order valence-corrected chi connectivity index (χ2v) is 4.22. The number of azide groups is 1. The molecule has 0 aliphatic carbocycles. The Kier molecular flexibility index (Phi) is 4.76. The molecule has 1 atom stereocenters. The van der Waals surface area contributed by atoms with Crippen molar-refractivity contribution in [3.8, 4) is 0 Å². The van der Waals surface area contributed by atoms with Gasteiger partial charge in [-0.15, -0.1) is 0 Å². The first-order valence-corrected chi connectivity index (χ1v) is 6.22.